The second kappa shape index (κ2) is 6.19. The van der Waals surface area contributed by atoms with Crippen molar-refractivity contribution in [1.82, 2.24) is 5.32 Å². The van der Waals surface area contributed by atoms with Crippen LogP contribution in [-0.4, -0.2) is 12.6 Å². The number of allylic oxidation sites excluding steroid dienone is 1. The summed E-state index contributed by atoms with van der Waals surface area (Å²) < 4.78 is 0. The summed E-state index contributed by atoms with van der Waals surface area (Å²) in [5.74, 6) is 0. The lowest BCUT2D eigenvalue weighted by molar-refractivity contribution is 0.688. The molecule has 1 aliphatic carbocycles. The summed E-state index contributed by atoms with van der Waals surface area (Å²) in [6.07, 6.45) is 7.39. The third-order valence-electron chi connectivity index (χ3n) is 3.41. The predicted octanol–water partition coefficient (Wildman–Crippen LogP) is 3.93. The standard InChI is InChI=1S/C17H25N/c1-13(5-4-8-18-17-6-7-17)10-16-11-14(2)9-15(3)12-16/h5,9,11-12,17-18H,4,6-8,10H2,1-3H3. The van der Waals surface area contributed by atoms with E-state index in [1.165, 1.54) is 35.1 Å². The molecular formula is C17H25N. The zero-order chi connectivity index (χ0) is 13.0. The second-order valence-electron chi connectivity index (χ2n) is 5.74. The molecule has 0 aliphatic heterocycles. The van der Waals surface area contributed by atoms with Crippen LogP contribution in [0.5, 0.6) is 0 Å². The molecule has 1 heteroatoms. The number of aryl methyl sites for hydroxylation is 2. The molecule has 0 spiro atoms. The van der Waals surface area contributed by atoms with Gasteiger partial charge in [0.05, 0.1) is 0 Å². The van der Waals surface area contributed by atoms with Gasteiger partial charge in [-0.3, -0.25) is 0 Å². The number of hydrogen-bond acceptors (Lipinski definition) is 1. The molecular weight excluding hydrogens is 218 g/mol. The first-order valence-corrected chi connectivity index (χ1v) is 7.09. The Balaban J connectivity index is 1.80. The van der Waals surface area contributed by atoms with Gasteiger partial charge in [-0.05, 0) is 58.6 Å². The van der Waals surface area contributed by atoms with Crippen molar-refractivity contribution in [2.75, 3.05) is 6.54 Å². The van der Waals surface area contributed by atoms with Crippen molar-refractivity contribution in [3.8, 4) is 0 Å². The Morgan fingerprint density at radius 1 is 1.22 bits per heavy atom. The van der Waals surface area contributed by atoms with Crippen LogP contribution in [0.25, 0.3) is 0 Å². The van der Waals surface area contributed by atoms with Crippen molar-refractivity contribution in [1.29, 1.82) is 0 Å². The van der Waals surface area contributed by atoms with Crippen molar-refractivity contribution < 1.29 is 0 Å². The fourth-order valence-corrected chi connectivity index (χ4v) is 2.46. The Bertz CT molecular complexity index is 407. The lowest BCUT2D eigenvalue weighted by atomic mass is 10.0. The average Bonchev–Trinajstić information content (AvgIpc) is 3.06. The molecule has 18 heavy (non-hydrogen) atoms. The number of nitrogens with one attached hydrogen (secondary N) is 1. The maximum absolute atomic E-state index is 3.55. The van der Waals surface area contributed by atoms with E-state index < -0.39 is 0 Å². The van der Waals surface area contributed by atoms with E-state index in [4.69, 9.17) is 0 Å². The van der Waals surface area contributed by atoms with Gasteiger partial charge in [0, 0.05) is 6.04 Å². The monoisotopic (exact) mass is 243 g/mol. The fourth-order valence-electron chi connectivity index (χ4n) is 2.46. The largest absolute Gasteiger partial charge is 0.314 e. The average molecular weight is 243 g/mol. The Kier molecular flexibility index (Phi) is 4.60. The quantitative estimate of drug-likeness (QED) is 0.589. The predicted molar refractivity (Wildman–Crippen MR) is 79.0 cm³/mol. The Labute approximate surface area is 111 Å². The van der Waals surface area contributed by atoms with Gasteiger partial charge in [-0.15, -0.1) is 0 Å². The van der Waals surface area contributed by atoms with Crippen LogP contribution in [0.15, 0.2) is 29.8 Å². The summed E-state index contributed by atoms with van der Waals surface area (Å²) in [5.41, 5.74) is 5.66. The highest BCUT2D eigenvalue weighted by molar-refractivity contribution is 5.31. The zero-order valence-corrected chi connectivity index (χ0v) is 11.9. The topological polar surface area (TPSA) is 12.0 Å². The maximum Gasteiger partial charge on any atom is 0.00683 e. The highest BCUT2D eigenvalue weighted by atomic mass is 14.9. The highest BCUT2D eigenvalue weighted by Crippen LogP contribution is 2.18. The molecule has 0 aromatic heterocycles. The summed E-state index contributed by atoms with van der Waals surface area (Å²) in [6.45, 7) is 7.73. The summed E-state index contributed by atoms with van der Waals surface area (Å²) in [7, 11) is 0. The number of benzene rings is 1. The van der Waals surface area contributed by atoms with Crippen LogP contribution in [0.1, 0.15) is 42.9 Å². The Hall–Kier alpha value is -1.08. The molecule has 0 unspecified atom stereocenters. The fraction of sp³-hybridized carbons (Fsp3) is 0.529. The van der Waals surface area contributed by atoms with Crippen molar-refractivity contribution >= 4 is 0 Å². The van der Waals surface area contributed by atoms with Gasteiger partial charge < -0.3 is 5.32 Å². The van der Waals surface area contributed by atoms with Crippen LogP contribution in [-0.2, 0) is 6.42 Å². The molecule has 0 saturated heterocycles. The van der Waals surface area contributed by atoms with E-state index in [2.05, 4.69) is 50.4 Å². The summed E-state index contributed by atoms with van der Waals surface area (Å²) in [5, 5.41) is 3.55. The summed E-state index contributed by atoms with van der Waals surface area (Å²) in [6, 6.07) is 7.67. The van der Waals surface area contributed by atoms with Gasteiger partial charge in [-0.1, -0.05) is 41.0 Å². The van der Waals surface area contributed by atoms with E-state index >= 15 is 0 Å². The molecule has 1 nitrogen and oxygen atoms in total. The smallest absolute Gasteiger partial charge is 0.00683 e. The highest BCUT2D eigenvalue weighted by Gasteiger charge is 2.19. The van der Waals surface area contributed by atoms with Crippen LogP contribution >= 0.6 is 0 Å². The van der Waals surface area contributed by atoms with E-state index in [0.29, 0.717) is 0 Å². The molecule has 1 aliphatic rings. The lowest BCUT2D eigenvalue weighted by Crippen LogP contribution is -2.16. The third kappa shape index (κ3) is 4.66. The van der Waals surface area contributed by atoms with Crippen molar-refractivity contribution in [3.63, 3.8) is 0 Å². The number of hydrogen-bond donors (Lipinski definition) is 1. The molecule has 2 rings (SSSR count). The maximum atomic E-state index is 3.55. The van der Waals surface area contributed by atoms with Crippen LogP contribution in [0, 0.1) is 13.8 Å². The molecule has 0 amide bonds. The van der Waals surface area contributed by atoms with Crippen molar-refractivity contribution in [2.24, 2.45) is 0 Å². The minimum atomic E-state index is 0.832. The van der Waals surface area contributed by atoms with E-state index in [1.807, 2.05) is 0 Å². The molecule has 98 valence electrons. The molecule has 0 radical (unpaired) electrons. The van der Waals surface area contributed by atoms with Crippen LogP contribution < -0.4 is 5.32 Å². The minimum absolute atomic E-state index is 0.832. The number of rotatable bonds is 6. The van der Waals surface area contributed by atoms with E-state index in [9.17, 15) is 0 Å². The molecule has 0 heterocycles. The van der Waals surface area contributed by atoms with Gasteiger partial charge in [0.15, 0.2) is 0 Å². The minimum Gasteiger partial charge on any atom is -0.314 e. The van der Waals surface area contributed by atoms with Gasteiger partial charge in [0.25, 0.3) is 0 Å². The molecule has 1 aromatic rings. The van der Waals surface area contributed by atoms with Gasteiger partial charge in [0.2, 0.25) is 0 Å². The Morgan fingerprint density at radius 2 is 1.89 bits per heavy atom. The van der Waals surface area contributed by atoms with Crippen LogP contribution in [0.3, 0.4) is 0 Å². The van der Waals surface area contributed by atoms with Crippen molar-refractivity contribution in [3.05, 3.63) is 46.5 Å². The van der Waals surface area contributed by atoms with E-state index in [1.54, 1.807) is 0 Å². The lowest BCUT2D eigenvalue weighted by Gasteiger charge is -2.06. The van der Waals surface area contributed by atoms with Gasteiger partial charge in [0.1, 0.15) is 0 Å². The summed E-state index contributed by atoms with van der Waals surface area (Å²) >= 11 is 0. The third-order valence-corrected chi connectivity index (χ3v) is 3.41. The van der Waals surface area contributed by atoms with Crippen LogP contribution in [0.2, 0.25) is 0 Å². The molecule has 1 fully saturated rings. The zero-order valence-electron chi connectivity index (χ0n) is 11.9. The van der Waals surface area contributed by atoms with Gasteiger partial charge in [-0.25, -0.2) is 0 Å². The van der Waals surface area contributed by atoms with Gasteiger partial charge >= 0.3 is 0 Å². The van der Waals surface area contributed by atoms with Crippen molar-refractivity contribution in [2.45, 2.75) is 52.5 Å². The van der Waals surface area contributed by atoms with Gasteiger partial charge in [-0.2, -0.15) is 0 Å². The normalized spacial score (nSPS) is 16.1. The summed E-state index contributed by atoms with van der Waals surface area (Å²) in [4.78, 5) is 0. The molecule has 1 saturated carbocycles. The molecule has 0 atom stereocenters. The molecule has 1 N–H and O–H groups in total. The first-order chi connectivity index (χ1) is 8.63. The molecule has 0 bridgehead atoms. The van der Waals surface area contributed by atoms with E-state index in [0.717, 1.165) is 25.4 Å². The van der Waals surface area contributed by atoms with E-state index in [-0.39, 0.29) is 0 Å². The molecule has 1 aromatic carbocycles. The SMILES string of the molecule is CC(=CCCNC1CC1)Cc1cc(C)cc(C)c1. The second-order valence-corrected chi connectivity index (χ2v) is 5.74. The first-order valence-electron chi connectivity index (χ1n) is 7.09. The Morgan fingerprint density at radius 3 is 2.50 bits per heavy atom. The first kappa shape index (κ1) is 13.4. The van der Waals surface area contributed by atoms with Crippen LogP contribution in [0.4, 0.5) is 0 Å².